The summed E-state index contributed by atoms with van der Waals surface area (Å²) in [5, 5.41) is 9.87. The van der Waals surface area contributed by atoms with E-state index in [0.29, 0.717) is 11.4 Å². The van der Waals surface area contributed by atoms with Gasteiger partial charge in [0, 0.05) is 17.8 Å². The zero-order valence-corrected chi connectivity index (χ0v) is 16.0. The van der Waals surface area contributed by atoms with E-state index >= 15 is 0 Å². The molecule has 0 spiro atoms. The topological polar surface area (TPSA) is 87.2 Å². The van der Waals surface area contributed by atoms with E-state index in [1.54, 1.807) is 4.90 Å². The Kier molecular flexibility index (Phi) is 4.24. The van der Waals surface area contributed by atoms with Crippen LogP contribution in [0.25, 0.3) is 0 Å². The van der Waals surface area contributed by atoms with E-state index in [1.807, 2.05) is 31.2 Å². The summed E-state index contributed by atoms with van der Waals surface area (Å²) in [5.41, 5.74) is 9.32. The minimum atomic E-state index is -3.55. The maximum Gasteiger partial charge on any atom is 0.177 e. The van der Waals surface area contributed by atoms with Crippen LogP contribution >= 0.6 is 0 Å². The number of rotatable bonds is 2. The SMILES string of the molecule is Cc1cccc(C2C(C#N)=C(N)N(c3ccc(F)cc3)C3=C2S(=O)(=O)CC3)c1. The summed E-state index contributed by atoms with van der Waals surface area (Å²) in [6, 6.07) is 15.2. The molecular formula is C21H18FN3O2S. The molecule has 1 atom stereocenters. The van der Waals surface area contributed by atoms with Crippen molar-refractivity contribution in [2.75, 3.05) is 10.7 Å². The van der Waals surface area contributed by atoms with Crippen LogP contribution in [0, 0.1) is 24.1 Å². The first-order valence-electron chi connectivity index (χ1n) is 8.81. The Bertz CT molecular complexity index is 1170. The molecule has 5 nitrogen and oxygen atoms in total. The number of nitrogens with two attached hydrogens (primary N) is 1. The van der Waals surface area contributed by atoms with E-state index in [4.69, 9.17) is 5.73 Å². The number of anilines is 1. The molecule has 2 aliphatic heterocycles. The quantitative estimate of drug-likeness (QED) is 0.841. The number of aryl methyl sites for hydroxylation is 1. The summed E-state index contributed by atoms with van der Waals surface area (Å²) in [6.45, 7) is 1.91. The second-order valence-electron chi connectivity index (χ2n) is 6.95. The fourth-order valence-corrected chi connectivity index (χ4v) is 5.78. The lowest BCUT2D eigenvalue weighted by molar-refractivity contribution is 0.602. The lowest BCUT2D eigenvalue weighted by Crippen LogP contribution is -2.34. The summed E-state index contributed by atoms with van der Waals surface area (Å²) < 4.78 is 39.3. The number of sulfone groups is 1. The fraction of sp³-hybridized carbons (Fsp3) is 0.190. The van der Waals surface area contributed by atoms with E-state index in [9.17, 15) is 18.1 Å². The van der Waals surface area contributed by atoms with Crippen molar-refractivity contribution in [1.29, 1.82) is 5.26 Å². The van der Waals surface area contributed by atoms with Gasteiger partial charge in [0.05, 0.1) is 28.2 Å². The average molecular weight is 395 g/mol. The van der Waals surface area contributed by atoms with Crippen LogP contribution in [0.15, 0.2) is 70.5 Å². The highest BCUT2D eigenvalue weighted by Crippen LogP contribution is 2.48. The van der Waals surface area contributed by atoms with Crippen molar-refractivity contribution in [2.45, 2.75) is 19.3 Å². The van der Waals surface area contributed by atoms with Gasteiger partial charge in [-0.3, -0.25) is 4.90 Å². The van der Waals surface area contributed by atoms with Crippen LogP contribution in [-0.2, 0) is 9.84 Å². The van der Waals surface area contributed by atoms with E-state index < -0.39 is 21.6 Å². The molecule has 2 N–H and O–H groups in total. The minimum absolute atomic E-state index is 0.0380. The predicted octanol–water partition coefficient (Wildman–Crippen LogP) is 3.46. The average Bonchev–Trinajstić information content (AvgIpc) is 2.97. The normalized spacial score (nSPS) is 20.9. The molecule has 0 amide bonds. The summed E-state index contributed by atoms with van der Waals surface area (Å²) in [7, 11) is -3.55. The van der Waals surface area contributed by atoms with Crippen LogP contribution in [0.2, 0.25) is 0 Å². The van der Waals surface area contributed by atoms with Crippen molar-refractivity contribution < 1.29 is 12.8 Å². The highest BCUT2D eigenvalue weighted by molar-refractivity contribution is 7.95. The second-order valence-corrected chi connectivity index (χ2v) is 9.03. The van der Waals surface area contributed by atoms with Gasteiger partial charge in [0.25, 0.3) is 0 Å². The highest BCUT2D eigenvalue weighted by Gasteiger charge is 2.45. The summed E-state index contributed by atoms with van der Waals surface area (Å²) in [4.78, 5) is 1.79. The van der Waals surface area contributed by atoms with E-state index in [2.05, 4.69) is 6.07 Å². The van der Waals surface area contributed by atoms with Crippen LogP contribution in [0.1, 0.15) is 23.5 Å². The van der Waals surface area contributed by atoms with Gasteiger partial charge in [-0.05, 0) is 36.8 Å². The van der Waals surface area contributed by atoms with Gasteiger partial charge in [-0.15, -0.1) is 0 Å². The maximum absolute atomic E-state index is 13.4. The summed E-state index contributed by atoms with van der Waals surface area (Å²) >= 11 is 0. The van der Waals surface area contributed by atoms with E-state index in [-0.39, 0.29) is 28.5 Å². The number of nitrogens with zero attached hydrogens (tertiary/aromatic N) is 2. The number of nitriles is 1. The fourth-order valence-electron chi connectivity index (χ4n) is 3.93. The first-order valence-corrected chi connectivity index (χ1v) is 10.5. The standard InChI is InChI=1S/C21H18FN3O2S/c1-13-3-2-4-14(11-13)19-17(12-23)21(24)25(16-7-5-15(22)6-8-16)18-9-10-28(26,27)20(18)19/h2-8,11,19H,9-10,24H2,1H3. The number of allylic oxidation sites excluding steroid dienone is 3. The Labute approximate surface area is 163 Å². The lowest BCUT2D eigenvalue weighted by atomic mass is 9.86. The van der Waals surface area contributed by atoms with Crippen molar-refractivity contribution in [3.8, 4) is 6.07 Å². The minimum Gasteiger partial charge on any atom is -0.384 e. The van der Waals surface area contributed by atoms with Crippen molar-refractivity contribution in [1.82, 2.24) is 0 Å². The molecule has 0 saturated carbocycles. The van der Waals surface area contributed by atoms with Crippen LogP contribution < -0.4 is 10.6 Å². The molecule has 2 aliphatic rings. The van der Waals surface area contributed by atoms with Crippen LogP contribution in [0.5, 0.6) is 0 Å². The van der Waals surface area contributed by atoms with Gasteiger partial charge in [0.1, 0.15) is 11.6 Å². The van der Waals surface area contributed by atoms with Crippen molar-refractivity contribution in [3.05, 3.63) is 87.5 Å². The van der Waals surface area contributed by atoms with Gasteiger partial charge < -0.3 is 5.73 Å². The Balaban J connectivity index is 2.00. The van der Waals surface area contributed by atoms with Gasteiger partial charge >= 0.3 is 0 Å². The third-order valence-corrected chi connectivity index (χ3v) is 7.03. The molecule has 0 fully saturated rings. The lowest BCUT2D eigenvalue weighted by Gasteiger charge is -2.35. The first kappa shape index (κ1) is 18.3. The third-order valence-electron chi connectivity index (χ3n) is 5.15. The van der Waals surface area contributed by atoms with Crippen LogP contribution in [0.4, 0.5) is 10.1 Å². The molecule has 4 rings (SSSR count). The Morgan fingerprint density at radius 3 is 2.57 bits per heavy atom. The molecule has 0 radical (unpaired) electrons. The molecule has 0 aliphatic carbocycles. The van der Waals surface area contributed by atoms with Crippen LogP contribution in [0.3, 0.4) is 0 Å². The smallest absolute Gasteiger partial charge is 0.177 e. The summed E-state index contributed by atoms with van der Waals surface area (Å²) in [5.74, 6) is -1.00. The van der Waals surface area contributed by atoms with E-state index in [0.717, 1.165) is 11.1 Å². The maximum atomic E-state index is 13.4. The molecule has 0 aromatic heterocycles. The van der Waals surface area contributed by atoms with Gasteiger partial charge in [0.15, 0.2) is 9.84 Å². The van der Waals surface area contributed by atoms with Crippen molar-refractivity contribution >= 4 is 15.5 Å². The predicted molar refractivity (Wildman–Crippen MR) is 105 cm³/mol. The zero-order valence-electron chi connectivity index (χ0n) is 15.2. The molecule has 7 heteroatoms. The molecule has 2 aromatic rings. The number of hydrogen-bond donors (Lipinski definition) is 1. The molecule has 2 aromatic carbocycles. The molecular weight excluding hydrogens is 377 g/mol. The van der Waals surface area contributed by atoms with Gasteiger partial charge in [-0.2, -0.15) is 5.26 Å². The van der Waals surface area contributed by atoms with Gasteiger partial charge in [0.2, 0.25) is 0 Å². The second kappa shape index (κ2) is 6.50. The van der Waals surface area contributed by atoms with E-state index in [1.165, 1.54) is 24.3 Å². The van der Waals surface area contributed by atoms with Gasteiger partial charge in [-0.1, -0.05) is 29.8 Å². The zero-order chi connectivity index (χ0) is 20.1. The first-order chi connectivity index (χ1) is 13.3. The highest BCUT2D eigenvalue weighted by atomic mass is 32.2. The number of halogens is 1. The van der Waals surface area contributed by atoms with Gasteiger partial charge in [-0.25, -0.2) is 12.8 Å². The molecule has 142 valence electrons. The third kappa shape index (κ3) is 2.77. The molecule has 0 saturated heterocycles. The van der Waals surface area contributed by atoms with Crippen molar-refractivity contribution in [2.24, 2.45) is 5.73 Å². The Morgan fingerprint density at radius 2 is 1.93 bits per heavy atom. The van der Waals surface area contributed by atoms with Crippen molar-refractivity contribution in [3.63, 3.8) is 0 Å². The Hall–Kier alpha value is -3.11. The largest absolute Gasteiger partial charge is 0.384 e. The molecule has 28 heavy (non-hydrogen) atoms. The molecule has 2 heterocycles. The van der Waals surface area contributed by atoms with Crippen LogP contribution in [-0.4, -0.2) is 14.2 Å². The molecule has 1 unspecified atom stereocenters. The number of benzene rings is 2. The Morgan fingerprint density at radius 1 is 1.21 bits per heavy atom. The number of hydrogen-bond acceptors (Lipinski definition) is 5. The molecule has 0 bridgehead atoms. The summed E-state index contributed by atoms with van der Waals surface area (Å²) in [6.07, 6.45) is 0.288. The monoisotopic (exact) mass is 395 g/mol.